The molecule has 0 aliphatic carbocycles. The van der Waals surface area contributed by atoms with Crippen molar-refractivity contribution in [2.24, 2.45) is 4.99 Å². The highest BCUT2D eigenvalue weighted by Gasteiger charge is 2.49. The average molecular weight is 457 g/mol. The number of alkyl carbamates (subject to hydrolysis) is 1. The number of aromatic nitrogens is 1. The topological polar surface area (TPSA) is 93.1 Å². The zero-order valence-electron chi connectivity index (χ0n) is 17.8. The summed E-state index contributed by atoms with van der Waals surface area (Å²) in [5.41, 5.74) is -1.22. The van der Waals surface area contributed by atoms with Gasteiger partial charge in [0.05, 0.1) is 6.42 Å². The molecule has 2 amide bonds. The number of carbonyl (C=O) groups is 2. The highest BCUT2D eigenvalue weighted by atomic mass is 35.5. The second kappa shape index (κ2) is 7.48. The van der Waals surface area contributed by atoms with Crippen molar-refractivity contribution >= 4 is 42.9 Å². The Morgan fingerprint density at radius 3 is 2.75 bits per heavy atom. The lowest BCUT2D eigenvalue weighted by molar-refractivity contribution is -0.128. The quantitative estimate of drug-likeness (QED) is 0.486. The maximum atomic E-state index is 14.7. The molecular weight excluding hydrogens is 438 g/mol. The summed E-state index contributed by atoms with van der Waals surface area (Å²) in [7, 11) is 7.46. The first kappa shape index (κ1) is 22.1. The van der Waals surface area contributed by atoms with Gasteiger partial charge in [0.2, 0.25) is 11.9 Å². The minimum Gasteiger partial charge on any atom is -0.452 e. The third-order valence-electron chi connectivity index (χ3n) is 5.02. The number of guanidine groups is 1. The van der Waals surface area contributed by atoms with Crippen molar-refractivity contribution in [2.75, 3.05) is 7.05 Å². The predicted molar refractivity (Wildman–Crippen MR) is 116 cm³/mol. The van der Waals surface area contributed by atoms with Crippen LogP contribution in [0.25, 0.3) is 0 Å². The Balaban J connectivity index is 1.94. The fourth-order valence-corrected chi connectivity index (χ4v) is 3.84. The first-order valence-electron chi connectivity index (χ1n) is 9.70. The largest absolute Gasteiger partial charge is 0.452 e. The highest BCUT2D eigenvalue weighted by Crippen LogP contribution is 2.52. The van der Waals surface area contributed by atoms with Gasteiger partial charge in [-0.2, -0.15) is 4.39 Å². The van der Waals surface area contributed by atoms with Crippen LogP contribution in [-0.4, -0.2) is 48.3 Å². The van der Waals surface area contributed by atoms with Crippen molar-refractivity contribution < 1.29 is 23.5 Å². The van der Waals surface area contributed by atoms with Crippen LogP contribution in [-0.2, 0) is 15.1 Å². The lowest BCUT2D eigenvalue weighted by atomic mass is 9.75. The molecule has 1 atom stereocenters. The Hall–Kier alpha value is -3.14. The van der Waals surface area contributed by atoms with Crippen LogP contribution in [0, 0.1) is 5.95 Å². The molecule has 2 radical (unpaired) electrons. The number of pyridine rings is 1. The fraction of sp³-hybridized carbons (Fsp3) is 0.333. The number of aliphatic imine (C=N–C) groups is 1. The van der Waals surface area contributed by atoms with Crippen LogP contribution in [0.5, 0.6) is 11.5 Å². The SMILES string of the molecule is [B]c1ccc2c(c1)C1(CC(=O)N(C)C(NC(=O)OC(C)(C)C)=N1)c1cc(Cl)nc(F)c1O2. The van der Waals surface area contributed by atoms with E-state index in [4.69, 9.17) is 33.9 Å². The Bertz CT molecular complexity index is 1180. The monoisotopic (exact) mass is 456 g/mol. The number of nitrogens with one attached hydrogen (secondary N) is 1. The number of amides is 2. The van der Waals surface area contributed by atoms with Crippen LogP contribution in [0.4, 0.5) is 9.18 Å². The van der Waals surface area contributed by atoms with Crippen LogP contribution in [0.1, 0.15) is 38.3 Å². The molecule has 8 nitrogen and oxygen atoms in total. The van der Waals surface area contributed by atoms with E-state index in [0.29, 0.717) is 11.0 Å². The van der Waals surface area contributed by atoms with Crippen molar-refractivity contribution in [2.45, 2.75) is 38.3 Å². The number of hydrogen-bond acceptors (Lipinski definition) is 6. The predicted octanol–water partition coefficient (Wildman–Crippen LogP) is 2.76. The number of nitrogens with zero attached hydrogens (tertiary/aromatic N) is 3. The summed E-state index contributed by atoms with van der Waals surface area (Å²) in [5.74, 6) is -1.36. The Morgan fingerprint density at radius 1 is 1.34 bits per heavy atom. The number of carbonyl (C=O) groups excluding carboxylic acids is 2. The molecule has 2 aromatic rings. The third kappa shape index (κ3) is 3.79. The summed E-state index contributed by atoms with van der Waals surface area (Å²) in [5, 5.41) is 2.37. The highest BCUT2D eigenvalue weighted by molar-refractivity contribution is 6.32. The van der Waals surface area contributed by atoms with Gasteiger partial charge in [-0.05, 0) is 32.9 Å². The molecule has 1 N–H and O–H groups in total. The van der Waals surface area contributed by atoms with Crippen LogP contribution < -0.4 is 15.5 Å². The van der Waals surface area contributed by atoms with Gasteiger partial charge < -0.3 is 9.47 Å². The van der Waals surface area contributed by atoms with Gasteiger partial charge in [0.15, 0.2) is 5.75 Å². The van der Waals surface area contributed by atoms with Crippen LogP contribution in [0.15, 0.2) is 29.3 Å². The molecule has 11 heteroatoms. The van der Waals surface area contributed by atoms with Crippen LogP contribution >= 0.6 is 11.6 Å². The van der Waals surface area contributed by atoms with E-state index < -0.39 is 23.2 Å². The fourth-order valence-electron chi connectivity index (χ4n) is 3.66. The van der Waals surface area contributed by atoms with E-state index in [2.05, 4.69) is 10.3 Å². The van der Waals surface area contributed by atoms with Gasteiger partial charge in [0, 0.05) is 18.2 Å². The van der Waals surface area contributed by atoms with Gasteiger partial charge in [-0.15, -0.1) is 0 Å². The molecule has 1 aromatic carbocycles. The number of ether oxygens (including phenoxy) is 2. The number of halogens is 2. The van der Waals surface area contributed by atoms with Gasteiger partial charge in [0.25, 0.3) is 5.95 Å². The van der Waals surface area contributed by atoms with E-state index in [9.17, 15) is 14.0 Å². The normalized spacial score (nSPS) is 19.6. The molecule has 1 aromatic heterocycles. The molecule has 2 aliphatic rings. The van der Waals surface area contributed by atoms with Crippen molar-refractivity contribution in [3.63, 3.8) is 0 Å². The van der Waals surface area contributed by atoms with Crippen molar-refractivity contribution in [3.05, 3.63) is 46.5 Å². The van der Waals surface area contributed by atoms with Gasteiger partial charge in [-0.1, -0.05) is 29.2 Å². The van der Waals surface area contributed by atoms with Gasteiger partial charge in [-0.3, -0.25) is 15.0 Å². The first-order valence-corrected chi connectivity index (χ1v) is 10.1. The number of hydrogen-bond donors (Lipinski definition) is 1. The molecule has 0 saturated carbocycles. The zero-order chi connectivity index (χ0) is 23.4. The summed E-state index contributed by atoms with van der Waals surface area (Å²) in [6, 6.07) is 6.12. The number of benzene rings is 1. The van der Waals surface area contributed by atoms with E-state index in [1.54, 1.807) is 39.0 Å². The minimum atomic E-state index is -1.46. The zero-order valence-corrected chi connectivity index (χ0v) is 18.6. The number of fused-ring (bicyclic) bond motifs is 4. The standard InChI is InChI=1S/C21H19BClFN4O4/c1-20(2,3)32-19(30)26-18-27-21(9-15(29)28(18)4)11-7-10(22)5-6-13(11)31-16-12(21)8-14(23)25-17(16)24/h5-8H,9H2,1-4H3,(H,26,27,30). The van der Waals surface area contributed by atoms with Gasteiger partial charge in [0.1, 0.15) is 29.9 Å². The lowest BCUT2D eigenvalue weighted by Crippen LogP contribution is -2.53. The molecule has 4 rings (SSSR count). The van der Waals surface area contributed by atoms with Crippen molar-refractivity contribution in [1.29, 1.82) is 0 Å². The third-order valence-corrected chi connectivity index (χ3v) is 5.21. The van der Waals surface area contributed by atoms with E-state index in [0.717, 1.165) is 0 Å². The molecule has 1 unspecified atom stereocenters. The second-order valence-corrected chi connectivity index (χ2v) is 8.91. The number of rotatable bonds is 0. The average Bonchev–Trinajstić information content (AvgIpc) is 2.66. The molecule has 32 heavy (non-hydrogen) atoms. The second-order valence-electron chi connectivity index (χ2n) is 8.52. The van der Waals surface area contributed by atoms with Gasteiger partial charge >= 0.3 is 6.09 Å². The Labute approximate surface area is 190 Å². The molecular formula is C21H19BClFN4O4. The van der Waals surface area contributed by atoms with Crippen LogP contribution in [0.3, 0.4) is 0 Å². The molecule has 0 bridgehead atoms. The van der Waals surface area contributed by atoms with Crippen molar-refractivity contribution in [1.82, 2.24) is 15.2 Å². The summed E-state index contributed by atoms with van der Waals surface area (Å²) in [6.45, 7) is 5.12. The first-order chi connectivity index (χ1) is 14.9. The van der Waals surface area contributed by atoms with E-state index in [1.807, 2.05) is 0 Å². The molecule has 1 spiro atoms. The Kier molecular flexibility index (Phi) is 5.16. The summed E-state index contributed by atoms with van der Waals surface area (Å²) >= 11 is 6.04. The Morgan fingerprint density at radius 2 is 2.06 bits per heavy atom. The van der Waals surface area contributed by atoms with E-state index in [1.165, 1.54) is 18.0 Å². The molecule has 2 aliphatic heterocycles. The van der Waals surface area contributed by atoms with Crippen LogP contribution in [0.2, 0.25) is 5.15 Å². The summed E-state index contributed by atoms with van der Waals surface area (Å²) in [6.07, 6.45) is -0.984. The maximum Gasteiger partial charge on any atom is 0.414 e. The molecule has 3 heterocycles. The lowest BCUT2D eigenvalue weighted by Gasteiger charge is -2.41. The minimum absolute atomic E-state index is 0.0786. The smallest absolute Gasteiger partial charge is 0.414 e. The molecule has 0 saturated heterocycles. The molecule has 0 fully saturated rings. The van der Waals surface area contributed by atoms with Gasteiger partial charge in [-0.25, -0.2) is 14.8 Å². The maximum absolute atomic E-state index is 14.7. The summed E-state index contributed by atoms with van der Waals surface area (Å²) in [4.78, 5) is 35.0. The van der Waals surface area contributed by atoms with Crippen molar-refractivity contribution in [3.8, 4) is 11.5 Å². The summed E-state index contributed by atoms with van der Waals surface area (Å²) < 4.78 is 25.8. The van der Waals surface area contributed by atoms with E-state index >= 15 is 0 Å². The molecule has 164 valence electrons. The van der Waals surface area contributed by atoms with E-state index in [-0.39, 0.29) is 40.5 Å².